The lowest BCUT2D eigenvalue weighted by Crippen LogP contribution is -2.13. The van der Waals surface area contributed by atoms with Gasteiger partial charge in [0.1, 0.15) is 0 Å². The van der Waals surface area contributed by atoms with Crippen LogP contribution in [-0.2, 0) is 11.3 Å². The molecule has 0 spiro atoms. The molecule has 2 rings (SSSR count). The Bertz CT molecular complexity index is 610. The number of ether oxygens (including phenoxy) is 1. The maximum atomic E-state index is 12.2. The lowest BCUT2D eigenvalue weighted by Gasteiger charge is -2.07. The maximum Gasteiger partial charge on any atom is 0.256 e. The fourth-order valence-corrected chi connectivity index (χ4v) is 2.15. The van der Waals surface area contributed by atoms with Crippen molar-refractivity contribution in [3.8, 4) is 0 Å². The lowest BCUT2D eigenvalue weighted by molar-refractivity contribution is 0.102. The third kappa shape index (κ3) is 3.46. The lowest BCUT2D eigenvalue weighted by atomic mass is 10.1. The second-order valence-electron chi connectivity index (χ2n) is 4.35. The normalized spacial score (nSPS) is 10.6. The first-order valence-electron chi connectivity index (χ1n) is 6.19. The second kappa shape index (κ2) is 6.67. The molecule has 1 aromatic carbocycles. The van der Waals surface area contributed by atoms with Crippen molar-refractivity contribution in [3.05, 3.63) is 46.2 Å². The van der Waals surface area contributed by atoms with Crippen LogP contribution in [0.4, 0.5) is 5.69 Å². The highest BCUT2D eigenvalue weighted by molar-refractivity contribution is 9.10. The van der Waals surface area contributed by atoms with E-state index in [-0.39, 0.29) is 5.91 Å². The molecule has 0 unspecified atom stereocenters. The first-order valence-corrected chi connectivity index (χ1v) is 6.99. The third-order valence-electron chi connectivity index (χ3n) is 2.93. The predicted octanol–water partition coefficient (Wildman–Crippen LogP) is 2.85. The summed E-state index contributed by atoms with van der Waals surface area (Å²) >= 11 is 3.42. The van der Waals surface area contributed by atoms with Crippen molar-refractivity contribution in [2.45, 2.75) is 13.5 Å². The van der Waals surface area contributed by atoms with Crippen molar-refractivity contribution >= 4 is 27.5 Å². The third-order valence-corrected chi connectivity index (χ3v) is 3.79. The molecular weight excluding hydrogens is 322 g/mol. The molecule has 0 aliphatic rings. The number of carbonyl (C=O) groups excluding carboxylic acids is 1. The van der Waals surface area contributed by atoms with E-state index in [1.165, 1.54) is 0 Å². The molecule has 1 heterocycles. The molecular formula is C14H16BrN3O2. The van der Waals surface area contributed by atoms with Gasteiger partial charge in [-0.05, 0) is 24.6 Å². The van der Waals surface area contributed by atoms with Crippen molar-refractivity contribution in [1.29, 1.82) is 0 Å². The first kappa shape index (κ1) is 14.7. The van der Waals surface area contributed by atoms with Gasteiger partial charge in [0.2, 0.25) is 0 Å². The molecule has 0 bridgehead atoms. The summed E-state index contributed by atoms with van der Waals surface area (Å²) < 4.78 is 7.63. The van der Waals surface area contributed by atoms with Gasteiger partial charge in [-0.2, -0.15) is 5.10 Å². The van der Waals surface area contributed by atoms with Crippen LogP contribution in [-0.4, -0.2) is 29.4 Å². The molecule has 0 aliphatic carbocycles. The van der Waals surface area contributed by atoms with E-state index < -0.39 is 0 Å². The number of halogens is 1. The fraction of sp³-hybridized carbons (Fsp3) is 0.286. The SMILES string of the molecule is COCCn1cc(NC(=O)c2cccc(Br)c2C)cn1. The minimum absolute atomic E-state index is 0.143. The number of rotatable bonds is 5. The highest BCUT2D eigenvalue weighted by Crippen LogP contribution is 2.20. The van der Waals surface area contributed by atoms with Crippen LogP contribution >= 0.6 is 15.9 Å². The molecule has 0 atom stereocenters. The standard InChI is InChI=1S/C14H16BrN3O2/c1-10-12(4-3-5-13(10)15)14(19)17-11-8-16-18(9-11)6-7-20-2/h3-5,8-9H,6-7H2,1-2H3,(H,17,19). The van der Waals surface area contributed by atoms with E-state index in [1.54, 1.807) is 30.3 Å². The predicted molar refractivity (Wildman–Crippen MR) is 80.9 cm³/mol. The van der Waals surface area contributed by atoms with E-state index in [0.29, 0.717) is 24.4 Å². The van der Waals surface area contributed by atoms with E-state index in [9.17, 15) is 4.79 Å². The van der Waals surface area contributed by atoms with Crippen molar-refractivity contribution in [3.63, 3.8) is 0 Å². The number of hydrogen-bond donors (Lipinski definition) is 1. The summed E-state index contributed by atoms with van der Waals surface area (Å²) in [6, 6.07) is 5.55. The number of hydrogen-bond acceptors (Lipinski definition) is 3. The zero-order chi connectivity index (χ0) is 14.5. The molecule has 2 aromatic rings. The van der Waals surface area contributed by atoms with E-state index in [2.05, 4.69) is 26.3 Å². The molecule has 0 fully saturated rings. The molecule has 106 valence electrons. The summed E-state index contributed by atoms with van der Waals surface area (Å²) in [6.07, 6.45) is 3.41. The number of aromatic nitrogens is 2. The Morgan fingerprint density at radius 1 is 1.50 bits per heavy atom. The van der Waals surface area contributed by atoms with Gasteiger partial charge in [0.15, 0.2) is 0 Å². The van der Waals surface area contributed by atoms with Crippen LogP contribution in [0.15, 0.2) is 35.1 Å². The molecule has 0 radical (unpaired) electrons. The Morgan fingerprint density at radius 2 is 2.30 bits per heavy atom. The van der Waals surface area contributed by atoms with E-state index in [4.69, 9.17) is 4.74 Å². The molecule has 0 saturated heterocycles. The number of benzene rings is 1. The maximum absolute atomic E-state index is 12.2. The summed E-state index contributed by atoms with van der Waals surface area (Å²) in [5.74, 6) is -0.143. The monoisotopic (exact) mass is 337 g/mol. The van der Waals surface area contributed by atoms with Gasteiger partial charge in [0, 0.05) is 23.3 Å². The van der Waals surface area contributed by atoms with Crippen LogP contribution in [0.5, 0.6) is 0 Å². The molecule has 1 aromatic heterocycles. The molecule has 20 heavy (non-hydrogen) atoms. The quantitative estimate of drug-likeness (QED) is 0.912. The van der Waals surface area contributed by atoms with Crippen LogP contribution in [0, 0.1) is 6.92 Å². The molecule has 0 aliphatic heterocycles. The average molecular weight is 338 g/mol. The Labute approximate surface area is 126 Å². The highest BCUT2D eigenvalue weighted by Gasteiger charge is 2.11. The van der Waals surface area contributed by atoms with Gasteiger partial charge in [-0.1, -0.05) is 22.0 Å². The molecule has 1 amide bonds. The van der Waals surface area contributed by atoms with Crippen molar-refractivity contribution in [2.24, 2.45) is 0 Å². The van der Waals surface area contributed by atoms with E-state index >= 15 is 0 Å². The zero-order valence-electron chi connectivity index (χ0n) is 11.4. The molecule has 0 saturated carbocycles. The first-order chi connectivity index (χ1) is 9.61. The second-order valence-corrected chi connectivity index (χ2v) is 5.21. The van der Waals surface area contributed by atoms with Gasteiger partial charge in [-0.25, -0.2) is 0 Å². The number of anilines is 1. The Balaban J connectivity index is 2.07. The van der Waals surface area contributed by atoms with Gasteiger partial charge in [0.25, 0.3) is 5.91 Å². The zero-order valence-corrected chi connectivity index (χ0v) is 13.0. The van der Waals surface area contributed by atoms with Gasteiger partial charge < -0.3 is 10.1 Å². The Hall–Kier alpha value is -1.66. The number of methoxy groups -OCH3 is 1. The summed E-state index contributed by atoms with van der Waals surface area (Å²) in [5, 5.41) is 6.99. The van der Waals surface area contributed by atoms with Gasteiger partial charge in [0.05, 0.1) is 25.0 Å². The topological polar surface area (TPSA) is 56.1 Å². The van der Waals surface area contributed by atoms with E-state index in [1.807, 2.05) is 19.1 Å². The number of amides is 1. The summed E-state index contributed by atoms with van der Waals surface area (Å²) in [7, 11) is 1.64. The van der Waals surface area contributed by atoms with Crippen LogP contribution < -0.4 is 5.32 Å². The molecule has 6 heteroatoms. The van der Waals surface area contributed by atoms with Crippen molar-refractivity contribution < 1.29 is 9.53 Å². The number of nitrogens with zero attached hydrogens (tertiary/aromatic N) is 2. The van der Waals surface area contributed by atoms with Crippen LogP contribution in [0.3, 0.4) is 0 Å². The Kier molecular flexibility index (Phi) is 4.92. The van der Waals surface area contributed by atoms with Gasteiger partial charge in [-0.3, -0.25) is 9.48 Å². The van der Waals surface area contributed by atoms with Gasteiger partial charge >= 0.3 is 0 Å². The van der Waals surface area contributed by atoms with Crippen LogP contribution in [0.2, 0.25) is 0 Å². The largest absolute Gasteiger partial charge is 0.383 e. The van der Waals surface area contributed by atoms with Crippen molar-refractivity contribution in [2.75, 3.05) is 19.0 Å². The fourth-order valence-electron chi connectivity index (χ4n) is 1.79. The summed E-state index contributed by atoms with van der Waals surface area (Å²) in [4.78, 5) is 12.2. The van der Waals surface area contributed by atoms with Crippen LogP contribution in [0.25, 0.3) is 0 Å². The smallest absolute Gasteiger partial charge is 0.256 e. The minimum Gasteiger partial charge on any atom is -0.383 e. The van der Waals surface area contributed by atoms with Crippen LogP contribution in [0.1, 0.15) is 15.9 Å². The number of nitrogens with one attached hydrogen (secondary N) is 1. The van der Waals surface area contributed by atoms with Gasteiger partial charge in [-0.15, -0.1) is 0 Å². The molecule has 5 nitrogen and oxygen atoms in total. The average Bonchev–Trinajstić information content (AvgIpc) is 2.87. The summed E-state index contributed by atoms with van der Waals surface area (Å²) in [5.41, 5.74) is 2.23. The highest BCUT2D eigenvalue weighted by atomic mass is 79.9. The minimum atomic E-state index is -0.143. The summed E-state index contributed by atoms with van der Waals surface area (Å²) in [6.45, 7) is 3.14. The van der Waals surface area contributed by atoms with Crippen molar-refractivity contribution in [1.82, 2.24) is 9.78 Å². The Morgan fingerprint density at radius 3 is 3.05 bits per heavy atom. The molecule has 1 N–H and O–H groups in total. The van der Waals surface area contributed by atoms with E-state index in [0.717, 1.165) is 10.0 Å². The number of carbonyl (C=O) groups is 1.